The van der Waals surface area contributed by atoms with Crippen LogP contribution in [-0.2, 0) is 0 Å². The standard InChI is InChI=1S/C17H20N6S/c1-2-13(1)11-21-6-8-22(9-7-21)16-4-3-15-18-19-17(23(15)20-16)14-5-10-24-12-14/h3-5,10,12-13H,1-2,6-9,11H2. The van der Waals surface area contributed by atoms with Crippen molar-refractivity contribution < 1.29 is 0 Å². The van der Waals surface area contributed by atoms with Crippen LogP contribution in [0.1, 0.15) is 12.8 Å². The number of piperazine rings is 1. The predicted octanol–water partition coefficient (Wildman–Crippen LogP) is 2.38. The van der Waals surface area contributed by atoms with Crippen molar-refractivity contribution in [1.29, 1.82) is 0 Å². The summed E-state index contributed by atoms with van der Waals surface area (Å²) in [6.45, 7) is 5.64. The second-order valence-electron chi connectivity index (χ2n) is 6.73. The highest BCUT2D eigenvalue weighted by atomic mass is 32.1. The lowest BCUT2D eigenvalue weighted by Crippen LogP contribution is -2.47. The van der Waals surface area contributed by atoms with Crippen LogP contribution in [0.3, 0.4) is 0 Å². The Morgan fingerprint density at radius 2 is 1.92 bits per heavy atom. The van der Waals surface area contributed by atoms with Crippen LogP contribution in [0, 0.1) is 5.92 Å². The van der Waals surface area contributed by atoms with Crippen molar-refractivity contribution >= 4 is 22.8 Å². The Labute approximate surface area is 144 Å². The third-order valence-corrected chi connectivity index (χ3v) is 5.62. The summed E-state index contributed by atoms with van der Waals surface area (Å²) in [6.07, 6.45) is 2.86. The first-order chi connectivity index (χ1) is 11.9. The van der Waals surface area contributed by atoms with Crippen LogP contribution in [0.2, 0.25) is 0 Å². The van der Waals surface area contributed by atoms with E-state index in [1.807, 2.05) is 10.6 Å². The number of nitrogens with zero attached hydrogens (tertiary/aromatic N) is 6. The third kappa shape index (κ3) is 2.67. The average molecular weight is 340 g/mol. The third-order valence-electron chi connectivity index (χ3n) is 4.94. The summed E-state index contributed by atoms with van der Waals surface area (Å²) < 4.78 is 1.87. The summed E-state index contributed by atoms with van der Waals surface area (Å²) in [4.78, 5) is 4.97. The van der Waals surface area contributed by atoms with Crippen molar-refractivity contribution in [3.63, 3.8) is 0 Å². The van der Waals surface area contributed by atoms with E-state index in [0.717, 1.165) is 54.9 Å². The molecule has 0 radical (unpaired) electrons. The molecule has 0 spiro atoms. The number of aromatic nitrogens is 4. The minimum absolute atomic E-state index is 0.798. The van der Waals surface area contributed by atoms with Gasteiger partial charge in [-0.25, -0.2) is 0 Å². The van der Waals surface area contributed by atoms with E-state index in [0.29, 0.717) is 0 Å². The predicted molar refractivity (Wildman–Crippen MR) is 95.5 cm³/mol. The van der Waals surface area contributed by atoms with Gasteiger partial charge in [0.05, 0.1) is 0 Å². The highest BCUT2D eigenvalue weighted by Gasteiger charge is 2.26. The maximum Gasteiger partial charge on any atom is 0.186 e. The number of hydrogen-bond acceptors (Lipinski definition) is 6. The molecule has 2 fully saturated rings. The molecule has 4 heterocycles. The normalized spacial score (nSPS) is 19.2. The van der Waals surface area contributed by atoms with Crippen LogP contribution in [0.25, 0.3) is 17.0 Å². The molecule has 0 unspecified atom stereocenters. The molecule has 1 aliphatic carbocycles. The molecule has 5 rings (SSSR count). The van der Waals surface area contributed by atoms with Crippen molar-refractivity contribution in [2.45, 2.75) is 12.8 Å². The van der Waals surface area contributed by atoms with Gasteiger partial charge in [0.25, 0.3) is 0 Å². The van der Waals surface area contributed by atoms with Gasteiger partial charge in [0.2, 0.25) is 0 Å². The number of rotatable bonds is 4. The SMILES string of the molecule is c1cc(-c2nnc3ccc(N4CCN(CC5CC5)CC4)nn23)cs1. The Kier molecular flexibility index (Phi) is 3.48. The molecule has 3 aromatic heterocycles. The fraction of sp³-hybridized carbons (Fsp3) is 0.471. The first-order valence-electron chi connectivity index (χ1n) is 8.59. The van der Waals surface area contributed by atoms with Gasteiger partial charge >= 0.3 is 0 Å². The Hall–Kier alpha value is -1.99. The van der Waals surface area contributed by atoms with E-state index in [4.69, 9.17) is 5.10 Å². The number of fused-ring (bicyclic) bond motifs is 1. The maximum absolute atomic E-state index is 4.82. The second-order valence-corrected chi connectivity index (χ2v) is 7.51. The molecule has 0 aromatic carbocycles. The van der Waals surface area contributed by atoms with E-state index in [1.54, 1.807) is 11.3 Å². The molecule has 6 nitrogen and oxygen atoms in total. The molecule has 1 saturated heterocycles. The molecule has 0 atom stereocenters. The Morgan fingerprint density at radius 3 is 2.67 bits per heavy atom. The van der Waals surface area contributed by atoms with E-state index >= 15 is 0 Å². The van der Waals surface area contributed by atoms with Crippen LogP contribution in [0.15, 0.2) is 29.0 Å². The topological polar surface area (TPSA) is 49.6 Å². The first kappa shape index (κ1) is 14.4. The monoisotopic (exact) mass is 340 g/mol. The quantitative estimate of drug-likeness (QED) is 0.730. The van der Waals surface area contributed by atoms with Gasteiger partial charge in [0, 0.05) is 43.7 Å². The van der Waals surface area contributed by atoms with Gasteiger partial charge in [-0.05, 0) is 42.3 Å². The fourth-order valence-corrected chi connectivity index (χ4v) is 3.98. The largest absolute Gasteiger partial charge is 0.353 e. The summed E-state index contributed by atoms with van der Waals surface area (Å²) in [5.41, 5.74) is 1.87. The number of anilines is 1. The van der Waals surface area contributed by atoms with Crippen LogP contribution >= 0.6 is 11.3 Å². The van der Waals surface area contributed by atoms with Crippen LogP contribution in [0.4, 0.5) is 5.82 Å². The van der Waals surface area contributed by atoms with Crippen molar-refractivity contribution in [1.82, 2.24) is 24.7 Å². The van der Waals surface area contributed by atoms with Gasteiger partial charge in [0.1, 0.15) is 5.82 Å². The minimum Gasteiger partial charge on any atom is -0.353 e. The molecule has 1 saturated carbocycles. The van der Waals surface area contributed by atoms with E-state index in [1.165, 1.54) is 19.4 Å². The average Bonchev–Trinajstić information content (AvgIpc) is 3.11. The number of hydrogen-bond donors (Lipinski definition) is 0. The highest BCUT2D eigenvalue weighted by molar-refractivity contribution is 7.08. The van der Waals surface area contributed by atoms with Gasteiger partial charge < -0.3 is 4.90 Å². The zero-order chi connectivity index (χ0) is 15.9. The zero-order valence-corrected chi connectivity index (χ0v) is 14.3. The van der Waals surface area contributed by atoms with Gasteiger partial charge in [-0.15, -0.1) is 15.3 Å². The van der Waals surface area contributed by atoms with Gasteiger partial charge in [0.15, 0.2) is 11.5 Å². The Bertz CT molecular complexity index is 830. The van der Waals surface area contributed by atoms with E-state index in [-0.39, 0.29) is 0 Å². The molecular weight excluding hydrogens is 320 g/mol. The molecule has 2 aliphatic rings. The molecule has 124 valence electrons. The Morgan fingerprint density at radius 1 is 1.04 bits per heavy atom. The lowest BCUT2D eigenvalue weighted by atomic mass is 10.2. The highest BCUT2D eigenvalue weighted by Crippen LogP contribution is 2.30. The molecule has 0 amide bonds. The Balaban J connectivity index is 1.38. The van der Waals surface area contributed by atoms with Gasteiger partial charge in [-0.3, -0.25) is 4.90 Å². The zero-order valence-electron chi connectivity index (χ0n) is 13.5. The summed E-state index contributed by atoms with van der Waals surface area (Å²) in [7, 11) is 0. The second kappa shape index (κ2) is 5.82. The van der Waals surface area contributed by atoms with E-state index < -0.39 is 0 Å². The molecular formula is C17H20N6S. The fourth-order valence-electron chi connectivity index (χ4n) is 3.34. The van der Waals surface area contributed by atoms with Crippen molar-refractivity contribution in [3.8, 4) is 11.4 Å². The first-order valence-corrected chi connectivity index (χ1v) is 9.53. The van der Waals surface area contributed by atoms with Gasteiger partial charge in [-0.1, -0.05) is 0 Å². The van der Waals surface area contributed by atoms with Gasteiger partial charge in [-0.2, -0.15) is 15.9 Å². The van der Waals surface area contributed by atoms with Crippen molar-refractivity contribution in [2.24, 2.45) is 5.92 Å². The summed E-state index contributed by atoms with van der Waals surface area (Å²) in [5.74, 6) is 2.81. The van der Waals surface area contributed by atoms with Crippen molar-refractivity contribution in [2.75, 3.05) is 37.6 Å². The lowest BCUT2D eigenvalue weighted by Gasteiger charge is -2.35. The van der Waals surface area contributed by atoms with E-state index in [2.05, 4.69) is 42.9 Å². The summed E-state index contributed by atoms with van der Waals surface area (Å²) in [5, 5.41) is 17.5. The summed E-state index contributed by atoms with van der Waals surface area (Å²) in [6, 6.07) is 6.14. The molecule has 3 aromatic rings. The molecule has 1 aliphatic heterocycles. The van der Waals surface area contributed by atoms with Crippen molar-refractivity contribution in [3.05, 3.63) is 29.0 Å². The maximum atomic E-state index is 4.82. The number of thiophene rings is 1. The summed E-state index contributed by atoms with van der Waals surface area (Å²) >= 11 is 1.66. The molecule has 7 heteroatoms. The van der Waals surface area contributed by atoms with E-state index in [9.17, 15) is 0 Å². The van der Waals surface area contributed by atoms with Crippen LogP contribution in [0.5, 0.6) is 0 Å². The minimum atomic E-state index is 0.798. The smallest absolute Gasteiger partial charge is 0.186 e. The molecule has 0 N–H and O–H groups in total. The van der Waals surface area contributed by atoms with Crippen LogP contribution in [-0.4, -0.2) is 57.4 Å². The lowest BCUT2D eigenvalue weighted by molar-refractivity contribution is 0.247. The van der Waals surface area contributed by atoms with Crippen LogP contribution < -0.4 is 4.90 Å². The molecule has 0 bridgehead atoms. The molecule has 24 heavy (non-hydrogen) atoms.